The number of rotatable bonds is 6. The van der Waals surface area contributed by atoms with Gasteiger partial charge in [-0.1, -0.05) is 6.92 Å². The van der Waals surface area contributed by atoms with Gasteiger partial charge in [0.1, 0.15) is 5.82 Å². The molecule has 1 N–H and O–H groups in total. The van der Waals surface area contributed by atoms with Crippen molar-refractivity contribution in [3.8, 4) is 0 Å². The quantitative estimate of drug-likeness (QED) is 0.878. The van der Waals surface area contributed by atoms with Gasteiger partial charge < -0.3 is 9.88 Å². The predicted octanol–water partition coefficient (Wildman–Crippen LogP) is 2.05. The Hall–Kier alpha value is -1.62. The maximum Gasteiger partial charge on any atom is 0.110 e. The van der Waals surface area contributed by atoms with E-state index in [1.165, 1.54) is 11.3 Å². The van der Waals surface area contributed by atoms with Crippen LogP contribution in [0, 0.1) is 13.8 Å². The molecule has 0 radical (unpaired) electrons. The van der Waals surface area contributed by atoms with E-state index in [0.717, 1.165) is 30.9 Å². The van der Waals surface area contributed by atoms with Gasteiger partial charge in [-0.05, 0) is 26.8 Å². The Morgan fingerprint density at radius 3 is 2.55 bits per heavy atom. The third-order valence-corrected chi connectivity index (χ3v) is 3.86. The fourth-order valence-corrected chi connectivity index (χ4v) is 2.66. The maximum atomic E-state index is 4.54. The molecule has 5 heteroatoms. The number of nitrogens with zero attached hydrogens (tertiary/aromatic N) is 4. The second kappa shape index (κ2) is 6.22. The van der Waals surface area contributed by atoms with Crippen molar-refractivity contribution in [1.29, 1.82) is 0 Å². The minimum atomic E-state index is 0.268. The summed E-state index contributed by atoms with van der Waals surface area (Å²) in [5.74, 6) is 1.10. The highest BCUT2D eigenvalue weighted by atomic mass is 15.3. The minimum absolute atomic E-state index is 0.268. The third kappa shape index (κ3) is 2.93. The lowest BCUT2D eigenvalue weighted by molar-refractivity contribution is 0.507. The monoisotopic (exact) mass is 275 g/mol. The summed E-state index contributed by atoms with van der Waals surface area (Å²) >= 11 is 0. The van der Waals surface area contributed by atoms with E-state index < -0.39 is 0 Å². The van der Waals surface area contributed by atoms with Gasteiger partial charge in [-0.25, -0.2) is 4.98 Å². The van der Waals surface area contributed by atoms with Crippen molar-refractivity contribution in [3.63, 3.8) is 0 Å². The third-order valence-electron chi connectivity index (χ3n) is 3.86. The fourth-order valence-electron chi connectivity index (χ4n) is 2.66. The average Bonchev–Trinajstić information content (AvgIpc) is 2.91. The first-order chi connectivity index (χ1) is 9.54. The normalized spacial score (nSPS) is 12.8. The van der Waals surface area contributed by atoms with Crippen molar-refractivity contribution in [3.05, 3.63) is 35.2 Å². The maximum absolute atomic E-state index is 4.54. The molecule has 0 spiro atoms. The second-order valence-electron chi connectivity index (χ2n) is 5.37. The minimum Gasteiger partial charge on any atom is -0.338 e. The summed E-state index contributed by atoms with van der Waals surface area (Å²) in [6.45, 7) is 7.41. The average molecular weight is 275 g/mol. The van der Waals surface area contributed by atoms with Gasteiger partial charge in [0, 0.05) is 50.2 Å². The first kappa shape index (κ1) is 14.8. The zero-order valence-corrected chi connectivity index (χ0v) is 13.1. The van der Waals surface area contributed by atoms with E-state index in [1.807, 2.05) is 31.2 Å². The Labute approximate surface area is 121 Å². The molecule has 110 valence electrons. The summed E-state index contributed by atoms with van der Waals surface area (Å²) in [4.78, 5) is 4.45. The number of nitrogens with one attached hydrogen (secondary N) is 1. The fraction of sp³-hybridized carbons (Fsp3) is 0.600. The Morgan fingerprint density at radius 2 is 2.05 bits per heavy atom. The number of hydrogen-bond acceptors (Lipinski definition) is 3. The largest absolute Gasteiger partial charge is 0.338 e. The van der Waals surface area contributed by atoms with Crippen LogP contribution in [0.3, 0.4) is 0 Å². The van der Waals surface area contributed by atoms with Crippen LogP contribution in [0.2, 0.25) is 0 Å². The first-order valence-electron chi connectivity index (χ1n) is 7.24. The van der Waals surface area contributed by atoms with Gasteiger partial charge in [0.15, 0.2) is 0 Å². The molecule has 0 aliphatic heterocycles. The lowest BCUT2D eigenvalue weighted by atomic mass is 10.0. The molecule has 0 aromatic carbocycles. The Bertz CT molecular complexity index is 567. The summed E-state index contributed by atoms with van der Waals surface area (Å²) in [6.07, 6.45) is 5.86. The van der Waals surface area contributed by atoms with E-state index in [-0.39, 0.29) is 6.04 Å². The highest BCUT2D eigenvalue weighted by molar-refractivity contribution is 5.29. The van der Waals surface area contributed by atoms with Gasteiger partial charge in [-0.15, -0.1) is 0 Å². The molecule has 20 heavy (non-hydrogen) atoms. The molecule has 0 amide bonds. The summed E-state index contributed by atoms with van der Waals surface area (Å²) < 4.78 is 4.05. The van der Waals surface area contributed by atoms with E-state index in [2.05, 4.69) is 40.7 Å². The summed E-state index contributed by atoms with van der Waals surface area (Å²) in [5.41, 5.74) is 3.64. The molecule has 0 aliphatic rings. The van der Waals surface area contributed by atoms with Crippen LogP contribution in [-0.4, -0.2) is 25.9 Å². The molecule has 0 aliphatic carbocycles. The van der Waals surface area contributed by atoms with Gasteiger partial charge in [0.2, 0.25) is 0 Å². The molecule has 0 saturated carbocycles. The van der Waals surface area contributed by atoms with Crippen molar-refractivity contribution >= 4 is 0 Å². The molecule has 0 bridgehead atoms. The van der Waals surface area contributed by atoms with E-state index in [9.17, 15) is 0 Å². The summed E-state index contributed by atoms with van der Waals surface area (Å²) in [7, 11) is 4.05. The smallest absolute Gasteiger partial charge is 0.110 e. The Balaban J connectivity index is 2.29. The summed E-state index contributed by atoms with van der Waals surface area (Å²) in [6, 6.07) is 0.268. The number of hydrogen-bond donors (Lipinski definition) is 1. The molecule has 1 unspecified atom stereocenters. The van der Waals surface area contributed by atoms with Crippen LogP contribution < -0.4 is 5.32 Å². The van der Waals surface area contributed by atoms with Crippen molar-refractivity contribution in [2.24, 2.45) is 14.1 Å². The standard InChI is InChI=1S/C15H25N5/c1-6-7-16-13(10-14-17-8-9-19(14)4)15-11(2)18-20(5)12(15)3/h8-9,13,16H,6-7,10H2,1-5H3. The van der Waals surface area contributed by atoms with Crippen LogP contribution in [0.25, 0.3) is 0 Å². The van der Waals surface area contributed by atoms with E-state index in [4.69, 9.17) is 0 Å². The highest BCUT2D eigenvalue weighted by Crippen LogP contribution is 2.24. The van der Waals surface area contributed by atoms with Gasteiger partial charge in [0.05, 0.1) is 5.69 Å². The number of aromatic nitrogens is 4. The van der Waals surface area contributed by atoms with Crippen LogP contribution >= 0.6 is 0 Å². The summed E-state index contributed by atoms with van der Waals surface area (Å²) in [5, 5.41) is 8.18. The highest BCUT2D eigenvalue weighted by Gasteiger charge is 2.21. The lowest BCUT2D eigenvalue weighted by Gasteiger charge is -2.19. The van der Waals surface area contributed by atoms with Crippen LogP contribution in [0.4, 0.5) is 0 Å². The zero-order chi connectivity index (χ0) is 14.7. The van der Waals surface area contributed by atoms with E-state index in [1.54, 1.807) is 0 Å². The van der Waals surface area contributed by atoms with Gasteiger partial charge in [0.25, 0.3) is 0 Å². The Kier molecular flexibility index (Phi) is 4.60. The molecule has 0 fully saturated rings. The van der Waals surface area contributed by atoms with Crippen molar-refractivity contribution in [2.45, 2.75) is 39.7 Å². The molecular weight excluding hydrogens is 250 g/mol. The van der Waals surface area contributed by atoms with E-state index >= 15 is 0 Å². The molecule has 1 atom stereocenters. The van der Waals surface area contributed by atoms with Gasteiger partial charge in [-0.2, -0.15) is 5.10 Å². The van der Waals surface area contributed by atoms with Crippen molar-refractivity contribution < 1.29 is 0 Å². The van der Waals surface area contributed by atoms with Crippen molar-refractivity contribution in [2.75, 3.05) is 6.54 Å². The molecule has 5 nitrogen and oxygen atoms in total. The van der Waals surface area contributed by atoms with Crippen molar-refractivity contribution in [1.82, 2.24) is 24.6 Å². The zero-order valence-electron chi connectivity index (χ0n) is 13.1. The molecule has 2 heterocycles. The Morgan fingerprint density at radius 1 is 1.30 bits per heavy atom. The molecule has 2 aromatic rings. The van der Waals surface area contributed by atoms with Crippen LogP contribution in [0.5, 0.6) is 0 Å². The van der Waals surface area contributed by atoms with Gasteiger partial charge >= 0.3 is 0 Å². The van der Waals surface area contributed by atoms with Gasteiger partial charge in [-0.3, -0.25) is 4.68 Å². The number of imidazole rings is 1. The molecule has 0 saturated heterocycles. The van der Waals surface area contributed by atoms with Crippen LogP contribution in [-0.2, 0) is 20.5 Å². The topological polar surface area (TPSA) is 47.7 Å². The SMILES string of the molecule is CCCNC(Cc1nccn1C)c1c(C)nn(C)c1C. The molecule has 2 rings (SSSR count). The van der Waals surface area contributed by atoms with Crippen LogP contribution in [0.15, 0.2) is 12.4 Å². The number of aryl methyl sites for hydroxylation is 3. The van der Waals surface area contributed by atoms with Crippen LogP contribution in [0.1, 0.15) is 42.2 Å². The van der Waals surface area contributed by atoms with E-state index in [0.29, 0.717) is 0 Å². The second-order valence-corrected chi connectivity index (χ2v) is 5.37. The lowest BCUT2D eigenvalue weighted by Crippen LogP contribution is -2.26. The molecule has 2 aromatic heterocycles. The molecular formula is C15H25N5. The first-order valence-corrected chi connectivity index (χ1v) is 7.24. The predicted molar refractivity (Wildman–Crippen MR) is 80.6 cm³/mol.